The number of benzene rings is 1. The van der Waals surface area contributed by atoms with Crippen LogP contribution in [0.1, 0.15) is 28.8 Å². The van der Waals surface area contributed by atoms with Crippen molar-refractivity contribution in [1.29, 1.82) is 0 Å². The van der Waals surface area contributed by atoms with Gasteiger partial charge in [-0.15, -0.1) is 11.3 Å². The lowest BCUT2D eigenvalue weighted by atomic mass is 10.1. The molecule has 0 radical (unpaired) electrons. The Morgan fingerprint density at radius 3 is 2.76 bits per heavy atom. The van der Waals surface area contributed by atoms with E-state index in [-0.39, 0.29) is 0 Å². The number of nitrogens with zero attached hydrogens (tertiary/aromatic N) is 1. The fourth-order valence-corrected chi connectivity index (χ4v) is 3.99. The lowest BCUT2D eigenvalue weighted by molar-refractivity contribution is 0.322. The van der Waals surface area contributed by atoms with Crippen LogP contribution in [0.25, 0.3) is 0 Å². The molecule has 0 spiro atoms. The van der Waals surface area contributed by atoms with Gasteiger partial charge in [-0.1, -0.05) is 24.3 Å². The molecule has 2 nitrogen and oxygen atoms in total. The Kier molecular flexibility index (Phi) is 5.11. The van der Waals surface area contributed by atoms with Gasteiger partial charge in [0.25, 0.3) is 0 Å². The summed E-state index contributed by atoms with van der Waals surface area (Å²) >= 11 is 5.33. The summed E-state index contributed by atoms with van der Waals surface area (Å²) in [7, 11) is 2.18. The van der Waals surface area contributed by atoms with Gasteiger partial charge in [-0.2, -0.15) is 0 Å². The summed E-state index contributed by atoms with van der Waals surface area (Å²) < 4.78 is 1.18. The highest BCUT2D eigenvalue weighted by Crippen LogP contribution is 2.22. The molecule has 0 atom stereocenters. The van der Waals surface area contributed by atoms with Crippen LogP contribution in [0, 0.1) is 0 Å². The van der Waals surface area contributed by atoms with Crippen molar-refractivity contribution in [1.82, 2.24) is 10.2 Å². The molecular formula is C17H21BrN2S. The second-order valence-corrected chi connectivity index (χ2v) is 7.79. The second kappa shape index (κ2) is 7.05. The summed E-state index contributed by atoms with van der Waals surface area (Å²) in [5.41, 5.74) is 2.79. The first-order valence-corrected chi connectivity index (χ1v) is 9.09. The number of thiophene rings is 1. The van der Waals surface area contributed by atoms with E-state index in [2.05, 4.69) is 68.9 Å². The van der Waals surface area contributed by atoms with E-state index in [1.54, 1.807) is 0 Å². The average Bonchev–Trinajstić information content (AvgIpc) is 3.20. The lowest BCUT2D eigenvalue weighted by Crippen LogP contribution is -2.18. The molecule has 1 heterocycles. The zero-order chi connectivity index (χ0) is 14.7. The monoisotopic (exact) mass is 364 g/mol. The smallest absolute Gasteiger partial charge is 0.0328 e. The maximum atomic E-state index is 3.58. The largest absolute Gasteiger partial charge is 0.310 e. The van der Waals surface area contributed by atoms with Crippen LogP contribution in [0.4, 0.5) is 0 Å². The minimum Gasteiger partial charge on any atom is -0.310 e. The Morgan fingerprint density at radius 2 is 2.05 bits per heavy atom. The van der Waals surface area contributed by atoms with Crippen LogP contribution in [0.3, 0.4) is 0 Å². The maximum absolute atomic E-state index is 3.58. The summed E-state index contributed by atoms with van der Waals surface area (Å²) in [5.74, 6) is 0. The third kappa shape index (κ3) is 4.92. The van der Waals surface area contributed by atoms with Crippen LogP contribution in [0.2, 0.25) is 0 Å². The summed E-state index contributed by atoms with van der Waals surface area (Å²) in [4.78, 5) is 3.77. The van der Waals surface area contributed by atoms with Crippen LogP contribution < -0.4 is 5.32 Å². The first-order chi connectivity index (χ1) is 10.2. The molecule has 1 N–H and O–H groups in total. The van der Waals surface area contributed by atoms with Gasteiger partial charge in [-0.05, 0) is 53.0 Å². The van der Waals surface area contributed by atoms with Crippen molar-refractivity contribution in [3.8, 4) is 0 Å². The van der Waals surface area contributed by atoms with Crippen molar-refractivity contribution in [3.63, 3.8) is 0 Å². The van der Waals surface area contributed by atoms with Gasteiger partial charge in [0, 0.05) is 40.4 Å². The van der Waals surface area contributed by atoms with Crippen molar-refractivity contribution in [3.05, 3.63) is 56.2 Å². The van der Waals surface area contributed by atoms with Crippen molar-refractivity contribution < 1.29 is 0 Å². The summed E-state index contributed by atoms with van der Waals surface area (Å²) in [6.07, 6.45) is 2.69. The van der Waals surface area contributed by atoms with Gasteiger partial charge < -0.3 is 5.32 Å². The van der Waals surface area contributed by atoms with E-state index in [0.717, 1.165) is 25.7 Å². The lowest BCUT2D eigenvalue weighted by Gasteiger charge is -2.16. The van der Waals surface area contributed by atoms with Gasteiger partial charge >= 0.3 is 0 Å². The molecule has 0 unspecified atom stereocenters. The minimum atomic E-state index is 0.772. The number of halogens is 1. The average molecular weight is 365 g/mol. The molecule has 3 rings (SSSR count). The molecule has 1 aliphatic carbocycles. The van der Waals surface area contributed by atoms with E-state index >= 15 is 0 Å². The van der Waals surface area contributed by atoms with Gasteiger partial charge in [0.1, 0.15) is 0 Å². The predicted molar refractivity (Wildman–Crippen MR) is 93.5 cm³/mol. The molecule has 0 saturated heterocycles. The normalized spacial score (nSPS) is 14.8. The predicted octanol–water partition coefficient (Wildman–Crippen LogP) is 4.39. The molecule has 21 heavy (non-hydrogen) atoms. The molecular weight excluding hydrogens is 344 g/mol. The maximum Gasteiger partial charge on any atom is 0.0328 e. The van der Waals surface area contributed by atoms with Crippen molar-refractivity contribution >= 4 is 27.3 Å². The minimum absolute atomic E-state index is 0.772. The summed E-state index contributed by atoms with van der Waals surface area (Å²) in [5, 5.41) is 5.73. The molecule has 2 aromatic rings. The molecule has 112 valence electrons. The van der Waals surface area contributed by atoms with Crippen LogP contribution in [-0.2, 0) is 19.6 Å². The SMILES string of the molecule is CN(Cc1cccc(CNC2CC2)c1)Cc1cc(Br)cs1. The van der Waals surface area contributed by atoms with E-state index in [1.165, 1.54) is 33.3 Å². The number of rotatable bonds is 7. The highest BCUT2D eigenvalue weighted by molar-refractivity contribution is 9.10. The summed E-state index contributed by atoms with van der Waals surface area (Å²) in [6.45, 7) is 2.99. The Bertz CT molecular complexity index is 592. The molecule has 0 amide bonds. The first-order valence-electron chi connectivity index (χ1n) is 7.42. The molecule has 1 saturated carbocycles. The van der Waals surface area contributed by atoms with Crippen molar-refractivity contribution in [2.24, 2.45) is 0 Å². The van der Waals surface area contributed by atoms with E-state index in [9.17, 15) is 0 Å². The van der Waals surface area contributed by atoms with Gasteiger partial charge in [-0.25, -0.2) is 0 Å². The summed E-state index contributed by atoms with van der Waals surface area (Å²) in [6, 6.07) is 11.9. The van der Waals surface area contributed by atoms with Crippen LogP contribution in [0.15, 0.2) is 40.2 Å². The molecule has 1 aliphatic rings. The number of hydrogen-bond acceptors (Lipinski definition) is 3. The third-order valence-electron chi connectivity index (χ3n) is 3.66. The highest BCUT2D eigenvalue weighted by atomic mass is 79.9. The fourth-order valence-electron chi connectivity index (χ4n) is 2.46. The van der Waals surface area contributed by atoms with Crippen molar-refractivity contribution in [2.45, 2.75) is 38.5 Å². The van der Waals surface area contributed by atoms with Gasteiger partial charge in [0.2, 0.25) is 0 Å². The first kappa shape index (κ1) is 15.2. The van der Waals surface area contributed by atoms with E-state index in [4.69, 9.17) is 0 Å². The number of nitrogens with one attached hydrogen (secondary N) is 1. The Hall–Kier alpha value is -0.680. The van der Waals surface area contributed by atoms with Crippen LogP contribution in [0.5, 0.6) is 0 Å². The molecule has 0 aliphatic heterocycles. The molecule has 1 aromatic heterocycles. The van der Waals surface area contributed by atoms with Crippen LogP contribution >= 0.6 is 27.3 Å². The topological polar surface area (TPSA) is 15.3 Å². The molecule has 1 fully saturated rings. The zero-order valence-electron chi connectivity index (χ0n) is 12.3. The number of hydrogen-bond donors (Lipinski definition) is 1. The van der Waals surface area contributed by atoms with E-state index < -0.39 is 0 Å². The van der Waals surface area contributed by atoms with Gasteiger partial charge in [0.05, 0.1) is 0 Å². The van der Waals surface area contributed by atoms with Gasteiger partial charge in [-0.3, -0.25) is 4.90 Å². The Labute approximate surface area is 139 Å². The van der Waals surface area contributed by atoms with Crippen molar-refractivity contribution in [2.75, 3.05) is 7.05 Å². The van der Waals surface area contributed by atoms with Crippen LogP contribution in [-0.4, -0.2) is 18.0 Å². The van der Waals surface area contributed by atoms with E-state index in [1.807, 2.05) is 11.3 Å². The second-order valence-electron chi connectivity index (χ2n) is 5.88. The quantitative estimate of drug-likeness (QED) is 0.783. The van der Waals surface area contributed by atoms with Gasteiger partial charge in [0.15, 0.2) is 0 Å². The standard InChI is InChI=1S/C17H21BrN2S/c1-20(11-17-8-15(18)12-21-17)10-14-4-2-3-13(7-14)9-19-16-5-6-16/h2-4,7-8,12,16,19H,5-6,9-11H2,1H3. The zero-order valence-corrected chi connectivity index (χ0v) is 14.7. The third-order valence-corrected chi connectivity index (χ3v) is 5.35. The Balaban J connectivity index is 1.54. The molecule has 1 aromatic carbocycles. The Morgan fingerprint density at radius 1 is 1.24 bits per heavy atom. The van der Waals surface area contributed by atoms with E-state index in [0.29, 0.717) is 0 Å². The molecule has 4 heteroatoms. The highest BCUT2D eigenvalue weighted by Gasteiger charge is 2.19. The fraction of sp³-hybridized carbons (Fsp3) is 0.412. The molecule has 0 bridgehead atoms.